The molecule has 4 saturated carbocycles. The molecule has 2 spiro atoms. The van der Waals surface area contributed by atoms with Gasteiger partial charge in [0.05, 0.1) is 19.6 Å². The van der Waals surface area contributed by atoms with Gasteiger partial charge in [0.25, 0.3) is 0 Å². The van der Waals surface area contributed by atoms with E-state index in [1.165, 1.54) is 14.2 Å². The van der Waals surface area contributed by atoms with Crippen molar-refractivity contribution in [3.63, 3.8) is 0 Å². The number of ether oxygens (including phenoxy) is 4. The van der Waals surface area contributed by atoms with Crippen LogP contribution in [0.1, 0.15) is 85.0 Å². The van der Waals surface area contributed by atoms with Crippen molar-refractivity contribution >= 4 is 17.9 Å². The quantitative estimate of drug-likeness (QED) is 0.414. The van der Waals surface area contributed by atoms with Crippen LogP contribution >= 0.6 is 0 Å². The van der Waals surface area contributed by atoms with Gasteiger partial charge in [-0.15, -0.1) is 0 Å². The highest BCUT2D eigenvalue weighted by Crippen LogP contribution is 2.80. The first-order valence-electron chi connectivity index (χ1n) is 13.1. The summed E-state index contributed by atoms with van der Waals surface area (Å²) in [5.74, 6) is 1.32. The van der Waals surface area contributed by atoms with Crippen LogP contribution in [0.15, 0.2) is 0 Å². The Bertz CT molecular complexity index is 886. The van der Waals surface area contributed by atoms with E-state index in [0.29, 0.717) is 24.5 Å². The normalized spacial score (nSPS) is 47.4. The smallest absolute Gasteiger partial charge is 0.469 e. The molecular weight excluding hydrogens is 436 g/mol. The van der Waals surface area contributed by atoms with E-state index in [1.807, 2.05) is 0 Å². The lowest BCUT2D eigenvalue weighted by atomic mass is 9.44. The molecule has 0 aromatic heterocycles. The fourth-order valence-corrected chi connectivity index (χ4v) is 9.31. The van der Waals surface area contributed by atoms with Crippen molar-refractivity contribution < 1.29 is 33.3 Å². The van der Waals surface area contributed by atoms with E-state index in [4.69, 9.17) is 18.9 Å². The second-order valence-electron chi connectivity index (χ2n) is 12.1. The maximum Gasteiger partial charge on any atom is 0.508 e. The second-order valence-corrected chi connectivity index (χ2v) is 12.1. The standard InChI is InChI=1S/C27H40O7/c1-16(6-7-22(29)31-4)19-10-13-27-25(19,3)21(28)15-20-24(2)11-9-18(33-23(30)32-5)14-17(24)8-12-26(20,27)34-27/h16-20H,6-15H2,1-5H3/t16-,17+,18-,19-,20+,24-,25-,26-,27+/m0/s1. The summed E-state index contributed by atoms with van der Waals surface area (Å²) >= 11 is 0. The summed E-state index contributed by atoms with van der Waals surface area (Å²) in [6, 6.07) is 0. The fourth-order valence-electron chi connectivity index (χ4n) is 9.31. The van der Waals surface area contributed by atoms with Crippen LogP contribution < -0.4 is 0 Å². The van der Waals surface area contributed by atoms with Crippen molar-refractivity contribution in [1.29, 1.82) is 0 Å². The van der Waals surface area contributed by atoms with Crippen LogP contribution in [0.3, 0.4) is 0 Å². The van der Waals surface area contributed by atoms with Gasteiger partial charge in [0, 0.05) is 18.8 Å². The Kier molecular flexibility index (Phi) is 5.62. The fraction of sp³-hybridized carbons (Fsp3) is 0.889. The third-order valence-electron chi connectivity index (χ3n) is 11.2. The summed E-state index contributed by atoms with van der Waals surface area (Å²) in [5, 5.41) is 0. The van der Waals surface area contributed by atoms with Crippen LogP contribution in [-0.2, 0) is 28.5 Å². The van der Waals surface area contributed by atoms with Crippen molar-refractivity contribution in [2.75, 3.05) is 14.2 Å². The molecule has 1 aliphatic heterocycles. The van der Waals surface area contributed by atoms with E-state index < -0.39 is 11.6 Å². The molecule has 7 nitrogen and oxygen atoms in total. The first-order valence-corrected chi connectivity index (χ1v) is 13.1. The van der Waals surface area contributed by atoms with Gasteiger partial charge in [-0.2, -0.15) is 0 Å². The zero-order valence-electron chi connectivity index (χ0n) is 21.3. The number of carbonyl (C=O) groups is 3. The van der Waals surface area contributed by atoms with Crippen LogP contribution in [0.4, 0.5) is 4.79 Å². The average Bonchev–Trinajstić information content (AvgIpc) is 3.38. The van der Waals surface area contributed by atoms with Crippen molar-refractivity contribution in [3.8, 4) is 0 Å². The van der Waals surface area contributed by atoms with Crippen LogP contribution in [0.25, 0.3) is 0 Å². The molecule has 0 N–H and O–H groups in total. The van der Waals surface area contributed by atoms with Gasteiger partial charge in [0.1, 0.15) is 23.1 Å². The van der Waals surface area contributed by atoms with Crippen LogP contribution in [-0.4, -0.2) is 49.4 Å². The lowest BCUT2D eigenvalue weighted by molar-refractivity contribution is -0.147. The summed E-state index contributed by atoms with van der Waals surface area (Å²) in [6.07, 6.45) is 7.53. The maximum absolute atomic E-state index is 14.0. The number of Topliss-reactive ketones (excluding diaryl/α,β-unsaturated/α-hetero) is 1. The molecular formula is C27H40O7. The molecule has 0 bridgehead atoms. The van der Waals surface area contributed by atoms with E-state index in [1.54, 1.807) is 0 Å². The van der Waals surface area contributed by atoms with Gasteiger partial charge in [-0.1, -0.05) is 13.8 Å². The third kappa shape index (κ3) is 3.00. The highest BCUT2D eigenvalue weighted by atomic mass is 16.7. The van der Waals surface area contributed by atoms with Crippen molar-refractivity contribution in [3.05, 3.63) is 0 Å². The number of methoxy groups -OCH3 is 2. The van der Waals surface area contributed by atoms with Crippen molar-refractivity contribution in [2.45, 2.75) is 102 Å². The molecule has 34 heavy (non-hydrogen) atoms. The van der Waals surface area contributed by atoms with Crippen LogP contribution in [0.5, 0.6) is 0 Å². The molecule has 1 heterocycles. The second kappa shape index (κ2) is 7.94. The minimum Gasteiger partial charge on any atom is -0.469 e. The predicted molar refractivity (Wildman–Crippen MR) is 123 cm³/mol. The Morgan fingerprint density at radius 3 is 2.56 bits per heavy atom. The number of esters is 1. The molecule has 0 aromatic carbocycles. The minimum atomic E-state index is -0.604. The van der Waals surface area contributed by atoms with Gasteiger partial charge >= 0.3 is 12.1 Å². The van der Waals surface area contributed by atoms with Gasteiger partial charge in [0.2, 0.25) is 0 Å². The van der Waals surface area contributed by atoms with Crippen LogP contribution in [0.2, 0.25) is 0 Å². The SMILES string of the molecule is COC(=O)CC[C@H](C)[C@@H]1CC[C@]23O[C@]24CC[C@@H]2C[C@@H](OC(=O)OC)CC[C@]2(C)[C@H]4CC(=O)[C@]13C. The lowest BCUT2D eigenvalue weighted by Crippen LogP contribution is -2.62. The monoisotopic (exact) mass is 476 g/mol. The number of ketones is 1. The first kappa shape index (κ1) is 24.1. The predicted octanol–water partition coefficient (Wildman–Crippen LogP) is 4.84. The summed E-state index contributed by atoms with van der Waals surface area (Å²) in [6.45, 7) is 6.71. The largest absolute Gasteiger partial charge is 0.508 e. The van der Waals surface area contributed by atoms with E-state index in [0.717, 1.165) is 51.4 Å². The number of epoxide rings is 1. The minimum absolute atomic E-state index is 0.0172. The Balaban J connectivity index is 1.37. The molecule has 0 amide bonds. The molecule has 5 fully saturated rings. The van der Waals surface area contributed by atoms with E-state index >= 15 is 0 Å². The topological polar surface area (TPSA) is 91.4 Å². The van der Waals surface area contributed by atoms with E-state index in [2.05, 4.69) is 20.8 Å². The number of fused-ring (bicyclic) bond motifs is 2. The molecule has 5 rings (SSSR count). The zero-order valence-corrected chi connectivity index (χ0v) is 21.3. The van der Waals surface area contributed by atoms with Crippen molar-refractivity contribution in [2.24, 2.45) is 34.5 Å². The average molecular weight is 477 g/mol. The van der Waals surface area contributed by atoms with E-state index in [9.17, 15) is 14.4 Å². The molecule has 0 radical (unpaired) electrons. The van der Waals surface area contributed by atoms with Crippen molar-refractivity contribution in [1.82, 2.24) is 0 Å². The third-order valence-corrected chi connectivity index (χ3v) is 11.2. The molecule has 7 heteroatoms. The summed E-state index contributed by atoms with van der Waals surface area (Å²) in [4.78, 5) is 37.4. The maximum atomic E-state index is 14.0. The highest BCUT2D eigenvalue weighted by Gasteiger charge is 2.88. The van der Waals surface area contributed by atoms with Gasteiger partial charge in [-0.05, 0) is 81.5 Å². The number of rotatable bonds is 5. The highest BCUT2D eigenvalue weighted by molar-refractivity contribution is 5.90. The summed E-state index contributed by atoms with van der Waals surface area (Å²) in [7, 11) is 2.77. The van der Waals surface area contributed by atoms with Gasteiger partial charge in [-0.3, -0.25) is 9.59 Å². The molecule has 190 valence electrons. The van der Waals surface area contributed by atoms with Gasteiger partial charge in [0.15, 0.2) is 0 Å². The molecule has 5 aliphatic rings. The molecule has 9 atom stereocenters. The summed E-state index contributed by atoms with van der Waals surface area (Å²) in [5.41, 5.74) is -1.01. The summed E-state index contributed by atoms with van der Waals surface area (Å²) < 4.78 is 21.9. The first-order chi connectivity index (χ1) is 16.1. The Morgan fingerprint density at radius 2 is 1.85 bits per heavy atom. The zero-order chi connectivity index (χ0) is 24.5. The molecule has 0 unspecified atom stereocenters. The Labute approximate surface area is 202 Å². The Hall–Kier alpha value is -1.63. The van der Waals surface area contributed by atoms with Gasteiger partial charge < -0.3 is 18.9 Å². The number of carbonyl (C=O) groups excluding carboxylic acids is 3. The Morgan fingerprint density at radius 1 is 1.09 bits per heavy atom. The van der Waals surface area contributed by atoms with Gasteiger partial charge in [-0.25, -0.2) is 4.79 Å². The van der Waals surface area contributed by atoms with E-state index in [-0.39, 0.29) is 46.4 Å². The molecule has 1 saturated heterocycles. The molecule has 0 aromatic rings. The molecule has 4 aliphatic carbocycles. The number of hydrogen-bond acceptors (Lipinski definition) is 7. The number of hydrogen-bond donors (Lipinski definition) is 0. The van der Waals surface area contributed by atoms with Crippen LogP contribution in [0, 0.1) is 34.5 Å². The lowest BCUT2D eigenvalue weighted by Gasteiger charge is -2.57.